The molecule has 9 heteroatoms. The average molecular weight is 400 g/mol. The molecule has 0 heterocycles. The predicted molar refractivity (Wildman–Crippen MR) is 97.7 cm³/mol. The SMILES string of the molecule is CN(CC(=O)Nc1cccc(Cl)c1)CC(=O)Nc1ccccc1C(F)(F)F. The number of benzene rings is 2. The summed E-state index contributed by atoms with van der Waals surface area (Å²) in [4.78, 5) is 25.4. The van der Waals surface area contributed by atoms with Crippen molar-refractivity contribution in [2.45, 2.75) is 6.18 Å². The van der Waals surface area contributed by atoms with Crippen molar-refractivity contribution in [3.8, 4) is 0 Å². The van der Waals surface area contributed by atoms with E-state index < -0.39 is 17.6 Å². The molecule has 0 aliphatic carbocycles. The lowest BCUT2D eigenvalue weighted by Crippen LogP contribution is -2.36. The summed E-state index contributed by atoms with van der Waals surface area (Å²) < 4.78 is 38.8. The molecule has 0 saturated carbocycles. The van der Waals surface area contributed by atoms with Crippen LogP contribution >= 0.6 is 11.6 Å². The van der Waals surface area contributed by atoms with E-state index in [-0.39, 0.29) is 24.7 Å². The number of nitrogens with zero attached hydrogens (tertiary/aromatic N) is 1. The maximum atomic E-state index is 12.9. The number of rotatable bonds is 6. The highest BCUT2D eigenvalue weighted by Crippen LogP contribution is 2.34. The molecular weight excluding hydrogens is 383 g/mol. The van der Waals surface area contributed by atoms with Crippen molar-refractivity contribution in [3.05, 3.63) is 59.1 Å². The predicted octanol–water partition coefficient (Wildman–Crippen LogP) is 3.87. The van der Waals surface area contributed by atoms with Gasteiger partial charge in [0.05, 0.1) is 24.3 Å². The molecule has 0 fully saturated rings. The summed E-state index contributed by atoms with van der Waals surface area (Å²) in [6.07, 6.45) is -4.58. The number of halogens is 4. The monoisotopic (exact) mass is 399 g/mol. The van der Waals surface area contributed by atoms with Crippen LogP contribution in [0.1, 0.15) is 5.56 Å². The van der Waals surface area contributed by atoms with E-state index in [1.165, 1.54) is 30.1 Å². The first-order valence-corrected chi connectivity index (χ1v) is 8.23. The Morgan fingerprint density at radius 2 is 1.63 bits per heavy atom. The van der Waals surface area contributed by atoms with Crippen molar-refractivity contribution in [2.75, 3.05) is 30.8 Å². The second-order valence-corrected chi connectivity index (χ2v) is 6.26. The standard InChI is InChI=1S/C18H17ClF3N3O2/c1-25(10-16(26)23-13-6-4-5-12(19)9-13)11-17(27)24-15-8-3-2-7-14(15)18(20,21)22/h2-9H,10-11H2,1H3,(H,23,26)(H,24,27). The number of nitrogens with one attached hydrogen (secondary N) is 2. The van der Waals surface area contributed by atoms with E-state index in [1.807, 2.05) is 0 Å². The molecule has 144 valence electrons. The summed E-state index contributed by atoms with van der Waals surface area (Å²) >= 11 is 5.83. The van der Waals surface area contributed by atoms with Gasteiger partial charge in [-0.15, -0.1) is 0 Å². The lowest BCUT2D eigenvalue weighted by Gasteiger charge is -2.17. The summed E-state index contributed by atoms with van der Waals surface area (Å²) in [7, 11) is 1.51. The van der Waals surface area contributed by atoms with Gasteiger partial charge < -0.3 is 10.6 Å². The first-order chi connectivity index (χ1) is 12.6. The van der Waals surface area contributed by atoms with E-state index in [4.69, 9.17) is 11.6 Å². The van der Waals surface area contributed by atoms with E-state index in [0.717, 1.165) is 6.07 Å². The molecule has 2 N–H and O–H groups in total. The van der Waals surface area contributed by atoms with Crippen molar-refractivity contribution >= 4 is 34.8 Å². The van der Waals surface area contributed by atoms with Crippen LogP contribution in [0, 0.1) is 0 Å². The first kappa shape index (κ1) is 20.7. The minimum absolute atomic E-state index is 0.124. The number of alkyl halides is 3. The summed E-state index contributed by atoms with van der Waals surface area (Å²) in [5.41, 5.74) is -0.754. The maximum Gasteiger partial charge on any atom is 0.418 e. The van der Waals surface area contributed by atoms with Crippen LogP contribution in [0.4, 0.5) is 24.5 Å². The molecule has 27 heavy (non-hydrogen) atoms. The third kappa shape index (κ3) is 6.58. The zero-order valence-corrected chi connectivity index (χ0v) is 15.1. The third-order valence-corrected chi connectivity index (χ3v) is 3.68. The van der Waals surface area contributed by atoms with Gasteiger partial charge in [-0.1, -0.05) is 29.8 Å². The number of para-hydroxylation sites is 1. The fourth-order valence-corrected chi connectivity index (χ4v) is 2.53. The number of anilines is 2. The van der Waals surface area contributed by atoms with Gasteiger partial charge in [-0.05, 0) is 37.4 Å². The van der Waals surface area contributed by atoms with Gasteiger partial charge in [0.25, 0.3) is 0 Å². The van der Waals surface area contributed by atoms with Crippen molar-refractivity contribution in [3.63, 3.8) is 0 Å². The molecule has 2 aromatic rings. The molecule has 0 aliphatic heterocycles. The highest BCUT2D eigenvalue weighted by molar-refractivity contribution is 6.30. The summed E-state index contributed by atoms with van der Waals surface area (Å²) in [6, 6.07) is 11.3. The van der Waals surface area contributed by atoms with E-state index in [9.17, 15) is 22.8 Å². The molecule has 2 aromatic carbocycles. The third-order valence-electron chi connectivity index (χ3n) is 3.44. The van der Waals surface area contributed by atoms with Gasteiger partial charge >= 0.3 is 6.18 Å². The molecule has 0 saturated heterocycles. The largest absolute Gasteiger partial charge is 0.418 e. The first-order valence-electron chi connectivity index (χ1n) is 7.85. The van der Waals surface area contributed by atoms with Crippen LogP contribution in [-0.4, -0.2) is 36.9 Å². The lowest BCUT2D eigenvalue weighted by atomic mass is 10.1. The fourth-order valence-electron chi connectivity index (χ4n) is 2.34. The quantitative estimate of drug-likeness (QED) is 0.775. The molecule has 0 unspecified atom stereocenters. The van der Waals surface area contributed by atoms with Crippen molar-refractivity contribution in [1.82, 2.24) is 4.90 Å². The number of amides is 2. The molecule has 0 aromatic heterocycles. The molecule has 2 rings (SSSR count). The van der Waals surface area contributed by atoms with Crippen molar-refractivity contribution in [2.24, 2.45) is 0 Å². The number of likely N-dealkylation sites (N-methyl/N-ethyl adjacent to an activating group) is 1. The van der Waals surface area contributed by atoms with Crippen LogP contribution in [0.15, 0.2) is 48.5 Å². The van der Waals surface area contributed by atoms with E-state index >= 15 is 0 Å². The van der Waals surface area contributed by atoms with Gasteiger partial charge in [0.1, 0.15) is 0 Å². The average Bonchev–Trinajstić information content (AvgIpc) is 2.53. The zero-order chi connectivity index (χ0) is 20.0. The molecule has 0 bridgehead atoms. The van der Waals surface area contributed by atoms with Crippen molar-refractivity contribution in [1.29, 1.82) is 0 Å². The Labute approximate surface area is 159 Å². The molecule has 0 spiro atoms. The van der Waals surface area contributed by atoms with Gasteiger partial charge in [-0.2, -0.15) is 13.2 Å². The lowest BCUT2D eigenvalue weighted by molar-refractivity contribution is -0.137. The maximum absolute atomic E-state index is 12.9. The number of hydrogen-bond donors (Lipinski definition) is 2. The van der Waals surface area contributed by atoms with Gasteiger partial charge in [-0.3, -0.25) is 14.5 Å². The number of hydrogen-bond acceptors (Lipinski definition) is 3. The molecule has 5 nitrogen and oxygen atoms in total. The Hall–Kier alpha value is -2.58. The minimum atomic E-state index is -4.58. The Balaban J connectivity index is 1.90. The molecular formula is C18H17ClF3N3O2. The Kier molecular flexibility index (Phi) is 6.81. The Morgan fingerprint density at radius 1 is 1.00 bits per heavy atom. The molecule has 2 amide bonds. The minimum Gasteiger partial charge on any atom is -0.325 e. The molecule has 0 aliphatic rings. The molecule has 0 radical (unpaired) electrons. The van der Waals surface area contributed by atoms with E-state index in [2.05, 4.69) is 10.6 Å². The number of carbonyl (C=O) groups excluding carboxylic acids is 2. The number of carbonyl (C=O) groups is 2. The van der Waals surface area contributed by atoms with Crippen LogP contribution in [0.25, 0.3) is 0 Å². The topological polar surface area (TPSA) is 61.4 Å². The van der Waals surface area contributed by atoms with Crippen LogP contribution in [-0.2, 0) is 15.8 Å². The van der Waals surface area contributed by atoms with Crippen LogP contribution < -0.4 is 10.6 Å². The highest BCUT2D eigenvalue weighted by atomic mass is 35.5. The summed E-state index contributed by atoms with van der Waals surface area (Å²) in [5, 5.41) is 5.31. The fraction of sp³-hybridized carbons (Fsp3) is 0.222. The van der Waals surface area contributed by atoms with E-state index in [0.29, 0.717) is 10.7 Å². The second-order valence-electron chi connectivity index (χ2n) is 5.82. The van der Waals surface area contributed by atoms with Gasteiger partial charge in [0.15, 0.2) is 0 Å². The second kappa shape index (κ2) is 8.88. The Morgan fingerprint density at radius 3 is 2.26 bits per heavy atom. The Bertz CT molecular complexity index is 827. The van der Waals surface area contributed by atoms with Gasteiger partial charge in [-0.25, -0.2) is 0 Å². The smallest absolute Gasteiger partial charge is 0.325 e. The van der Waals surface area contributed by atoms with Gasteiger partial charge in [0.2, 0.25) is 11.8 Å². The highest BCUT2D eigenvalue weighted by Gasteiger charge is 2.33. The van der Waals surface area contributed by atoms with E-state index in [1.54, 1.807) is 24.3 Å². The summed E-state index contributed by atoms with van der Waals surface area (Å²) in [6.45, 7) is -0.379. The zero-order valence-electron chi connectivity index (χ0n) is 14.3. The van der Waals surface area contributed by atoms with Crippen LogP contribution in [0.2, 0.25) is 5.02 Å². The summed E-state index contributed by atoms with van der Waals surface area (Å²) in [5.74, 6) is -1.05. The van der Waals surface area contributed by atoms with Crippen LogP contribution in [0.3, 0.4) is 0 Å². The van der Waals surface area contributed by atoms with Crippen molar-refractivity contribution < 1.29 is 22.8 Å². The molecule has 0 atom stereocenters. The normalized spacial score (nSPS) is 11.3. The van der Waals surface area contributed by atoms with Crippen LogP contribution in [0.5, 0.6) is 0 Å². The van der Waals surface area contributed by atoms with Gasteiger partial charge in [0, 0.05) is 10.7 Å².